The summed E-state index contributed by atoms with van der Waals surface area (Å²) in [5.41, 5.74) is 3.09. The van der Waals surface area contributed by atoms with Crippen molar-refractivity contribution in [3.8, 4) is 0 Å². The summed E-state index contributed by atoms with van der Waals surface area (Å²) in [4.78, 5) is 0. The molecule has 1 nitrogen and oxygen atoms in total. The molecule has 0 bridgehead atoms. The molecule has 0 aliphatic carbocycles. The van der Waals surface area contributed by atoms with Crippen molar-refractivity contribution >= 4 is 15.9 Å². The molecule has 2 aromatic carbocycles. The van der Waals surface area contributed by atoms with E-state index in [1.807, 2.05) is 19.2 Å². The summed E-state index contributed by atoms with van der Waals surface area (Å²) in [6, 6.07) is 13.3. The van der Waals surface area contributed by atoms with E-state index in [9.17, 15) is 4.39 Å². The molecular formula is C16H17BrFN. The third-order valence-corrected chi connectivity index (χ3v) is 3.65. The number of rotatable bonds is 4. The predicted octanol–water partition coefficient (Wildman–Crippen LogP) is 4.40. The van der Waals surface area contributed by atoms with Crippen LogP contribution in [0.4, 0.5) is 4.39 Å². The SMILES string of the molecule is CNC(Cc1ccccc1F)c1cc(C)cc(Br)c1. The van der Waals surface area contributed by atoms with Crippen LogP contribution >= 0.6 is 15.9 Å². The van der Waals surface area contributed by atoms with E-state index in [1.54, 1.807) is 6.07 Å². The van der Waals surface area contributed by atoms with Crippen molar-refractivity contribution in [3.63, 3.8) is 0 Å². The average molecular weight is 322 g/mol. The molecule has 0 saturated heterocycles. The molecule has 0 aliphatic rings. The molecule has 1 unspecified atom stereocenters. The summed E-state index contributed by atoms with van der Waals surface area (Å²) in [5.74, 6) is -0.144. The Balaban J connectivity index is 2.28. The van der Waals surface area contributed by atoms with Gasteiger partial charge in [-0.3, -0.25) is 0 Å². The van der Waals surface area contributed by atoms with Gasteiger partial charge in [-0.2, -0.15) is 0 Å². The van der Waals surface area contributed by atoms with E-state index in [2.05, 4.69) is 46.4 Å². The Hall–Kier alpha value is -1.19. The van der Waals surface area contributed by atoms with Gasteiger partial charge in [0.05, 0.1) is 0 Å². The maximum absolute atomic E-state index is 13.7. The van der Waals surface area contributed by atoms with E-state index < -0.39 is 0 Å². The van der Waals surface area contributed by atoms with Crippen molar-refractivity contribution in [2.24, 2.45) is 0 Å². The monoisotopic (exact) mass is 321 g/mol. The van der Waals surface area contributed by atoms with Crippen LogP contribution in [0.3, 0.4) is 0 Å². The summed E-state index contributed by atoms with van der Waals surface area (Å²) in [7, 11) is 1.90. The van der Waals surface area contributed by atoms with E-state index in [0.29, 0.717) is 6.42 Å². The molecule has 19 heavy (non-hydrogen) atoms. The third kappa shape index (κ3) is 3.64. The van der Waals surface area contributed by atoms with Crippen LogP contribution < -0.4 is 5.32 Å². The minimum atomic E-state index is -0.144. The van der Waals surface area contributed by atoms with E-state index in [1.165, 1.54) is 11.6 Å². The molecule has 0 aliphatic heterocycles. The van der Waals surface area contributed by atoms with Crippen LogP contribution in [0.5, 0.6) is 0 Å². The Kier molecular flexibility index (Phi) is 4.72. The van der Waals surface area contributed by atoms with Crippen LogP contribution in [0.1, 0.15) is 22.7 Å². The fraction of sp³-hybridized carbons (Fsp3) is 0.250. The fourth-order valence-corrected chi connectivity index (χ4v) is 2.86. The highest BCUT2D eigenvalue weighted by molar-refractivity contribution is 9.10. The minimum absolute atomic E-state index is 0.105. The second kappa shape index (κ2) is 6.31. The minimum Gasteiger partial charge on any atom is -0.313 e. The van der Waals surface area contributed by atoms with Crippen LogP contribution in [0.15, 0.2) is 46.9 Å². The Morgan fingerprint density at radius 3 is 2.58 bits per heavy atom. The van der Waals surface area contributed by atoms with Gasteiger partial charge in [0, 0.05) is 10.5 Å². The van der Waals surface area contributed by atoms with E-state index >= 15 is 0 Å². The molecule has 0 aromatic heterocycles. The van der Waals surface area contributed by atoms with E-state index in [-0.39, 0.29) is 11.9 Å². The van der Waals surface area contributed by atoms with Crippen LogP contribution in [-0.4, -0.2) is 7.05 Å². The van der Waals surface area contributed by atoms with Gasteiger partial charge in [-0.25, -0.2) is 4.39 Å². The summed E-state index contributed by atoms with van der Waals surface area (Å²) >= 11 is 3.51. The van der Waals surface area contributed by atoms with Crippen molar-refractivity contribution in [1.82, 2.24) is 5.32 Å². The van der Waals surface area contributed by atoms with Crippen molar-refractivity contribution in [2.75, 3.05) is 7.05 Å². The number of likely N-dealkylation sites (N-methyl/N-ethyl adjacent to an activating group) is 1. The molecule has 0 radical (unpaired) electrons. The zero-order chi connectivity index (χ0) is 13.8. The average Bonchev–Trinajstić information content (AvgIpc) is 2.36. The third-order valence-electron chi connectivity index (χ3n) is 3.20. The lowest BCUT2D eigenvalue weighted by atomic mass is 9.97. The van der Waals surface area contributed by atoms with Crippen LogP contribution in [0, 0.1) is 12.7 Å². The van der Waals surface area contributed by atoms with Gasteiger partial charge >= 0.3 is 0 Å². The molecule has 0 fully saturated rings. The number of halogens is 2. The smallest absolute Gasteiger partial charge is 0.126 e. The Morgan fingerprint density at radius 2 is 1.95 bits per heavy atom. The second-order valence-electron chi connectivity index (χ2n) is 4.70. The molecule has 0 amide bonds. The maximum atomic E-state index is 13.7. The summed E-state index contributed by atoms with van der Waals surface area (Å²) < 4.78 is 14.8. The lowest BCUT2D eigenvalue weighted by Crippen LogP contribution is -2.19. The van der Waals surface area contributed by atoms with E-state index in [4.69, 9.17) is 0 Å². The summed E-state index contributed by atoms with van der Waals surface area (Å²) in [6.45, 7) is 2.06. The first-order valence-electron chi connectivity index (χ1n) is 6.28. The molecule has 2 aromatic rings. The second-order valence-corrected chi connectivity index (χ2v) is 5.61. The Bertz CT molecular complexity index is 548. The number of hydrogen-bond acceptors (Lipinski definition) is 1. The predicted molar refractivity (Wildman–Crippen MR) is 80.8 cm³/mol. The molecule has 0 saturated carbocycles. The first-order valence-corrected chi connectivity index (χ1v) is 7.07. The molecule has 1 atom stereocenters. The zero-order valence-corrected chi connectivity index (χ0v) is 12.7. The quantitative estimate of drug-likeness (QED) is 0.880. The number of benzene rings is 2. The summed E-state index contributed by atoms with van der Waals surface area (Å²) in [5, 5.41) is 3.26. The molecule has 2 rings (SSSR count). The van der Waals surface area contributed by atoms with Crippen molar-refractivity contribution < 1.29 is 4.39 Å². The van der Waals surface area contributed by atoms with Crippen LogP contribution in [0.25, 0.3) is 0 Å². The molecule has 3 heteroatoms. The highest BCUT2D eigenvalue weighted by Crippen LogP contribution is 2.24. The van der Waals surface area contributed by atoms with Gasteiger partial charge in [-0.1, -0.05) is 40.2 Å². The number of hydrogen-bond donors (Lipinski definition) is 1. The fourth-order valence-electron chi connectivity index (χ4n) is 2.24. The summed E-state index contributed by atoms with van der Waals surface area (Å²) in [6.07, 6.45) is 0.638. The van der Waals surface area contributed by atoms with Crippen molar-refractivity contribution in [1.29, 1.82) is 0 Å². The van der Waals surface area contributed by atoms with Gasteiger partial charge in [0.2, 0.25) is 0 Å². The Labute approximate surface area is 122 Å². The lowest BCUT2D eigenvalue weighted by molar-refractivity contribution is 0.554. The standard InChI is InChI=1S/C16H17BrFN/c1-11-7-13(9-14(17)8-11)16(19-2)10-12-5-3-4-6-15(12)18/h3-9,16,19H,10H2,1-2H3. The highest BCUT2D eigenvalue weighted by atomic mass is 79.9. The molecule has 0 heterocycles. The van der Waals surface area contributed by atoms with Crippen molar-refractivity contribution in [2.45, 2.75) is 19.4 Å². The van der Waals surface area contributed by atoms with Crippen LogP contribution in [-0.2, 0) is 6.42 Å². The molecule has 100 valence electrons. The highest BCUT2D eigenvalue weighted by Gasteiger charge is 2.13. The first kappa shape index (κ1) is 14.2. The van der Waals surface area contributed by atoms with Gasteiger partial charge in [0.15, 0.2) is 0 Å². The molecule has 0 spiro atoms. The topological polar surface area (TPSA) is 12.0 Å². The first-order chi connectivity index (χ1) is 9.10. The van der Waals surface area contributed by atoms with Crippen molar-refractivity contribution in [3.05, 3.63) is 69.4 Å². The molecular weight excluding hydrogens is 305 g/mol. The maximum Gasteiger partial charge on any atom is 0.126 e. The lowest BCUT2D eigenvalue weighted by Gasteiger charge is -2.18. The van der Waals surface area contributed by atoms with Gasteiger partial charge in [0.1, 0.15) is 5.82 Å². The van der Waals surface area contributed by atoms with Crippen LogP contribution in [0.2, 0.25) is 0 Å². The normalized spacial score (nSPS) is 12.4. The van der Waals surface area contributed by atoms with Gasteiger partial charge < -0.3 is 5.32 Å². The van der Waals surface area contributed by atoms with Gasteiger partial charge in [-0.15, -0.1) is 0 Å². The van der Waals surface area contributed by atoms with Gasteiger partial charge in [0.25, 0.3) is 0 Å². The number of aryl methyl sites for hydroxylation is 1. The van der Waals surface area contributed by atoms with E-state index in [0.717, 1.165) is 15.6 Å². The number of nitrogens with one attached hydrogen (secondary N) is 1. The largest absolute Gasteiger partial charge is 0.313 e. The zero-order valence-electron chi connectivity index (χ0n) is 11.1. The molecule has 1 N–H and O–H groups in total. The Morgan fingerprint density at radius 1 is 1.21 bits per heavy atom. The van der Waals surface area contributed by atoms with Gasteiger partial charge in [-0.05, 0) is 55.3 Å².